The highest BCUT2D eigenvalue weighted by atomic mass is 32.2. The molecule has 0 spiro atoms. The second-order valence-electron chi connectivity index (χ2n) is 4.99. The van der Waals surface area contributed by atoms with Gasteiger partial charge in [0, 0.05) is 0 Å². The van der Waals surface area contributed by atoms with Crippen LogP contribution in [0.3, 0.4) is 0 Å². The molecule has 0 aliphatic rings. The molecule has 0 heterocycles. The maximum Gasteiger partial charge on any atom is 0.338 e. The van der Waals surface area contributed by atoms with Crippen molar-refractivity contribution in [3.63, 3.8) is 0 Å². The van der Waals surface area contributed by atoms with E-state index in [-0.39, 0.29) is 11.3 Å². The van der Waals surface area contributed by atoms with E-state index in [9.17, 15) is 17.6 Å². The van der Waals surface area contributed by atoms with E-state index >= 15 is 0 Å². The van der Waals surface area contributed by atoms with Crippen LogP contribution < -0.4 is 0 Å². The van der Waals surface area contributed by atoms with Gasteiger partial charge in [0.15, 0.2) is 9.84 Å². The molecule has 1 aromatic rings. The van der Waals surface area contributed by atoms with Gasteiger partial charge >= 0.3 is 5.97 Å². The van der Waals surface area contributed by atoms with Gasteiger partial charge in [-0.1, -0.05) is 6.07 Å². The standard InChI is InChI=1S/C12H15FO4S/c1-12(2,3)18(16,17)7-8-4-5-9(11(14)15)10(13)6-8/h4-6H,7H2,1-3H3,(H,14,15). The van der Waals surface area contributed by atoms with E-state index < -0.39 is 31.9 Å². The molecule has 0 fully saturated rings. The summed E-state index contributed by atoms with van der Waals surface area (Å²) in [5, 5.41) is 8.66. The van der Waals surface area contributed by atoms with Crippen LogP contribution in [0.1, 0.15) is 36.7 Å². The second-order valence-corrected chi connectivity index (χ2v) is 7.73. The Morgan fingerprint density at radius 2 is 1.89 bits per heavy atom. The number of halogens is 1. The van der Waals surface area contributed by atoms with Crippen LogP contribution in [0.4, 0.5) is 4.39 Å². The van der Waals surface area contributed by atoms with Crippen molar-refractivity contribution in [3.8, 4) is 0 Å². The lowest BCUT2D eigenvalue weighted by molar-refractivity contribution is 0.0692. The Hall–Kier alpha value is -1.43. The maximum absolute atomic E-state index is 13.4. The van der Waals surface area contributed by atoms with Gasteiger partial charge in [-0.15, -0.1) is 0 Å². The minimum absolute atomic E-state index is 0.243. The van der Waals surface area contributed by atoms with Gasteiger partial charge in [-0.2, -0.15) is 0 Å². The number of carboxylic acid groups (broad SMARTS) is 1. The number of hydrogen-bond donors (Lipinski definition) is 1. The molecule has 18 heavy (non-hydrogen) atoms. The molecule has 6 heteroatoms. The van der Waals surface area contributed by atoms with Gasteiger partial charge in [0.05, 0.1) is 16.1 Å². The number of carboxylic acids is 1. The predicted molar refractivity (Wildman–Crippen MR) is 65.7 cm³/mol. The van der Waals surface area contributed by atoms with Gasteiger partial charge in [0.25, 0.3) is 0 Å². The molecule has 0 atom stereocenters. The van der Waals surface area contributed by atoms with Crippen molar-refractivity contribution >= 4 is 15.8 Å². The fourth-order valence-electron chi connectivity index (χ4n) is 1.26. The summed E-state index contributed by atoms with van der Waals surface area (Å²) < 4.78 is 36.3. The Bertz CT molecular complexity index is 570. The van der Waals surface area contributed by atoms with Crippen molar-refractivity contribution in [1.29, 1.82) is 0 Å². The lowest BCUT2D eigenvalue weighted by Gasteiger charge is -2.19. The molecule has 0 unspecified atom stereocenters. The molecule has 4 nitrogen and oxygen atoms in total. The summed E-state index contributed by atoms with van der Waals surface area (Å²) in [5.41, 5.74) is -0.223. The van der Waals surface area contributed by atoms with Gasteiger partial charge in [-0.3, -0.25) is 0 Å². The highest BCUT2D eigenvalue weighted by molar-refractivity contribution is 7.91. The molecule has 0 bridgehead atoms. The minimum atomic E-state index is -3.41. The van der Waals surface area contributed by atoms with Crippen LogP contribution in [0, 0.1) is 5.82 Å². The zero-order valence-corrected chi connectivity index (χ0v) is 11.2. The van der Waals surface area contributed by atoms with E-state index in [2.05, 4.69) is 0 Å². The third-order valence-electron chi connectivity index (χ3n) is 2.55. The summed E-state index contributed by atoms with van der Waals surface area (Å²) in [5.74, 6) is -2.62. The molecular weight excluding hydrogens is 259 g/mol. The number of sulfone groups is 1. The molecular formula is C12H15FO4S. The summed E-state index contributed by atoms with van der Waals surface area (Å²) in [6.07, 6.45) is 0. The topological polar surface area (TPSA) is 71.4 Å². The Morgan fingerprint density at radius 1 is 1.33 bits per heavy atom. The molecule has 0 aliphatic heterocycles. The van der Waals surface area contributed by atoms with Crippen molar-refractivity contribution in [2.24, 2.45) is 0 Å². The molecule has 0 saturated carbocycles. The minimum Gasteiger partial charge on any atom is -0.478 e. The summed E-state index contributed by atoms with van der Waals surface area (Å²) in [7, 11) is -3.41. The highest BCUT2D eigenvalue weighted by Gasteiger charge is 2.29. The summed E-state index contributed by atoms with van der Waals surface area (Å²) in [4.78, 5) is 10.6. The molecule has 0 radical (unpaired) electrons. The monoisotopic (exact) mass is 274 g/mol. The number of hydrogen-bond acceptors (Lipinski definition) is 3. The largest absolute Gasteiger partial charge is 0.478 e. The molecule has 0 amide bonds. The molecule has 0 saturated heterocycles. The van der Waals surface area contributed by atoms with E-state index in [0.717, 1.165) is 12.1 Å². The average molecular weight is 274 g/mol. The summed E-state index contributed by atoms with van der Waals surface area (Å²) >= 11 is 0. The zero-order valence-electron chi connectivity index (χ0n) is 10.4. The van der Waals surface area contributed by atoms with Crippen LogP contribution >= 0.6 is 0 Å². The van der Waals surface area contributed by atoms with E-state index in [1.165, 1.54) is 6.07 Å². The number of rotatable bonds is 3. The van der Waals surface area contributed by atoms with Gasteiger partial charge in [-0.05, 0) is 38.5 Å². The molecule has 0 aromatic heterocycles. The maximum atomic E-state index is 13.4. The SMILES string of the molecule is CC(C)(C)S(=O)(=O)Cc1ccc(C(=O)O)c(F)c1. The smallest absolute Gasteiger partial charge is 0.338 e. The first-order valence-corrected chi connectivity index (χ1v) is 6.94. The lowest BCUT2D eigenvalue weighted by Crippen LogP contribution is -2.29. The van der Waals surface area contributed by atoms with Gasteiger partial charge in [0.1, 0.15) is 5.82 Å². The van der Waals surface area contributed by atoms with Crippen LogP contribution in [0.15, 0.2) is 18.2 Å². The third kappa shape index (κ3) is 3.07. The quantitative estimate of drug-likeness (QED) is 0.917. The van der Waals surface area contributed by atoms with E-state index in [0.29, 0.717) is 0 Å². The van der Waals surface area contributed by atoms with Crippen molar-refractivity contribution in [2.45, 2.75) is 31.3 Å². The normalized spacial score (nSPS) is 12.4. The van der Waals surface area contributed by atoms with Crippen molar-refractivity contribution in [3.05, 3.63) is 35.1 Å². The van der Waals surface area contributed by atoms with Crippen molar-refractivity contribution in [1.82, 2.24) is 0 Å². The summed E-state index contributed by atoms with van der Waals surface area (Å²) in [6.45, 7) is 4.68. The molecule has 1 aromatic carbocycles. The molecule has 0 aliphatic carbocycles. The number of aromatic carboxylic acids is 1. The number of benzene rings is 1. The van der Waals surface area contributed by atoms with E-state index in [4.69, 9.17) is 5.11 Å². The van der Waals surface area contributed by atoms with Crippen LogP contribution in [0.5, 0.6) is 0 Å². The van der Waals surface area contributed by atoms with Gasteiger partial charge < -0.3 is 5.11 Å². The Labute approximate surface area is 105 Å². The molecule has 1 rings (SSSR count). The highest BCUT2D eigenvalue weighted by Crippen LogP contribution is 2.21. The molecule has 100 valence electrons. The van der Waals surface area contributed by atoms with Crippen LogP contribution in [0.25, 0.3) is 0 Å². The Kier molecular flexibility index (Phi) is 3.81. The first-order valence-electron chi connectivity index (χ1n) is 5.28. The Morgan fingerprint density at radius 3 is 2.28 bits per heavy atom. The van der Waals surface area contributed by atoms with Gasteiger partial charge in [-0.25, -0.2) is 17.6 Å². The average Bonchev–Trinajstić information content (AvgIpc) is 2.14. The van der Waals surface area contributed by atoms with Gasteiger partial charge in [0.2, 0.25) is 0 Å². The molecule has 1 N–H and O–H groups in total. The Balaban J connectivity index is 3.09. The van der Waals surface area contributed by atoms with E-state index in [1.807, 2.05) is 0 Å². The zero-order chi connectivity index (χ0) is 14.1. The first-order chi connectivity index (χ1) is 8.04. The van der Waals surface area contributed by atoms with Crippen LogP contribution in [-0.4, -0.2) is 24.2 Å². The lowest BCUT2D eigenvalue weighted by atomic mass is 10.1. The second kappa shape index (κ2) is 4.68. The van der Waals surface area contributed by atoms with Crippen molar-refractivity contribution in [2.75, 3.05) is 0 Å². The third-order valence-corrected chi connectivity index (χ3v) is 5.13. The first kappa shape index (κ1) is 14.6. The summed E-state index contributed by atoms with van der Waals surface area (Å²) in [6, 6.07) is 3.34. The van der Waals surface area contributed by atoms with Crippen LogP contribution in [-0.2, 0) is 15.6 Å². The fraction of sp³-hybridized carbons (Fsp3) is 0.417. The van der Waals surface area contributed by atoms with Crippen LogP contribution in [0.2, 0.25) is 0 Å². The van der Waals surface area contributed by atoms with E-state index in [1.54, 1.807) is 20.8 Å². The number of carbonyl (C=O) groups is 1. The van der Waals surface area contributed by atoms with Crippen molar-refractivity contribution < 1.29 is 22.7 Å². The predicted octanol–water partition coefficient (Wildman–Crippen LogP) is 2.24. The fourth-order valence-corrected chi connectivity index (χ4v) is 2.31.